The summed E-state index contributed by atoms with van der Waals surface area (Å²) in [6.45, 7) is 2.01. The van der Waals surface area contributed by atoms with E-state index in [9.17, 15) is 4.79 Å². The molecule has 10 heteroatoms. The highest BCUT2D eigenvalue weighted by Gasteiger charge is 2.10. The van der Waals surface area contributed by atoms with E-state index in [0.29, 0.717) is 15.8 Å². The highest BCUT2D eigenvalue weighted by Crippen LogP contribution is 2.31. The Labute approximate surface area is 234 Å². The molecule has 3 aromatic carbocycles. The fourth-order valence-electron chi connectivity index (χ4n) is 3.14. The Morgan fingerprint density at radius 2 is 1.97 bits per heavy atom. The number of halogens is 2. The van der Waals surface area contributed by atoms with Gasteiger partial charge in [0.05, 0.1) is 20.0 Å². The van der Waals surface area contributed by atoms with Crippen LogP contribution in [0.15, 0.2) is 75.6 Å². The van der Waals surface area contributed by atoms with Crippen molar-refractivity contribution in [3.8, 4) is 23.1 Å². The maximum Gasteiger partial charge on any atom is 0.271 e. The van der Waals surface area contributed by atoms with Gasteiger partial charge in [-0.2, -0.15) is 10.4 Å². The molecule has 1 heterocycles. The largest absolute Gasteiger partial charge is 0.476 e. The first-order valence-corrected chi connectivity index (χ1v) is 13.4. The number of rotatable bonds is 8. The van der Waals surface area contributed by atoms with Crippen LogP contribution in [0.25, 0.3) is 11.3 Å². The van der Waals surface area contributed by atoms with Gasteiger partial charge >= 0.3 is 0 Å². The third-order valence-corrected chi connectivity index (χ3v) is 7.08. The molecule has 1 amide bonds. The number of carbonyl (C=O) groups excluding carboxylic acids is 1. The van der Waals surface area contributed by atoms with Crippen LogP contribution >= 0.6 is 49.9 Å². The van der Waals surface area contributed by atoms with Crippen molar-refractivity contribution in [1.29, 1.82) is 5.26 Å². The first kappa shape index (κ1) is 25.8. The molecule has 0 aliphatic carbocycles. The lowest BCUT2D eigenvalue weighted by Crippen LogP contribution is -2.17. The number of hydrazone groups is 1. The van der Waals surface area contributed by atoms with Crippen LogP contribution in [0.1, 0.15) is 21.5 Å². The molecule has 0 bridgehead atoms. The molecule has 0 unspecified atom stereocenters. The van der Waals surface area contributed by atoms with Crippen molar-refractivity contribution in [3.63, 3.8) is 0 Å². The number of hydrogen-bond acceptors (Lipinski definition) is 7. The summed E-state index contributed by atoms with van der Waals surface area (Å²) < 4.78 is 6.93. The number of hydrogen-bond donors (Lipinski definition) is 2. The van der Waals surface area contributed by atoms with Crippen LogP contribution in [-0.2, 0) is 0 Å². The molecule has 1 aromatic heterocycles. The second kappa shape index (κ2) is 12.1. The Kier molecular flexibility index (Phi) is 8.69. The molecule has 36 heavy (non-hydrogen) atoms. The highest BCUT2D eigenvalue weighted by atomic mass is 127. The zero-order valence-corrected chi connectivity index (χ0v) is 23.5. The SMILES string of the molecule is Cc1ccc(Nc2nc(-c3ccc(C(=O)N/N=C\c4cc(Br)c(OCC#N)c(I)c4)cc3)cs2)cc1. The minimum Gasteiger partial charge on any atom is -0.476 e. The summed E-state index contributed by atoms with van der Waals surface area (Å²) in [5, 5.41) is 18.8. The Morgan fingerprint density at radius 1 is 1.22 bits per heavy atom. The van der Waals surface area contributed by atoms with E-state index in [-0.39, 0.29) is 12.5 Å². The number of anilines is 2. The van der Waals surface area contributed by atoms with Gasteiger partial charge in [0.15, 0.2) is 11.7 Å². The van der Waals surface area contributed by atoms with Crippen LogP contribution in [0, 0.1) is 21.8 Å². The van der Waals surface area contributed by atoms with E-state index in [1.54, 1.807) is 24.4 Å². The van der Waals surface area contributed by atoms with E-state index in [1.807, 2.05) is 53.9 Å². The van der Waals surface area contributed by atoms with Crippen LogP contribution in [-0.4, -0.2) is 23.7 Å². The molecule has 4 rings (SSSR count). The van der Waals surface area contributed by atoms with Gasteiger partial charge in [-0.15, -0.1) is 11.3 Å². The molecule has 0 fully saturated rings. The molecule has 2 N–H and O–H groups in total. The van der Waals surface area contributed by atoms with Gasteiger partial charge in [-0.05, 0) is 87.4 Å². The fraction of sp³-hybridized carbons (Fsp3) is 0.0769. The van der Waals surface area contributed by atoms with Gasteiger partial charge in [0.2, 0.25) is 0 Å². The zero-order chi connectivity index (χ0) is 25.5. The number of carbonyl (C=O) groups is 1. The summed E-state index contributed by atoms with van der Waals surface area (Å²) >= 11 is 7.08. The lowest BCUT2D eigenvalue weighted by molar-refractivity contribution is 0.0955. The molecule has 4 aromatic rings. The lowest BCUT2D eigenvalue weighted by atomic mass is 10.1. The summed E-state index contributed by atoms with van der Waals surface area (Å²) in [5.41, 5.74) is 7.74. The van der Waals surface area contributed by atoms with Crippen molar-refractivity contribution in [2.24, 2.45) is 5.10 Å². The molecular weight excluding hydrogens is 653 g/mol. The molecule has 0 spiro atoms. The topological polar surface area (TPSA) is 99.4 Å². The summed E-state index contributed by atoms with van der Waals surface area (Å²) in [4.78, 5) is 17.2. The van der Waals surface area contributed by atoms with Crippen LogP contribution in [0.5, 0.6) is 5.75 Å². The predicted molar refractivity (Wildman–Crippen MR) is 155 cm³/mol. The second-order valence-electron chi connectivity index (χ2n) is 7.57. The Hall–Kier alpha value is -3.27. The van der Waals surface area contributed by atoms with Crippen LogP contribution in [0.4, 0.5) is 10.8 Å². The minimum atomic E-state index is -0.319. The molecule has 0 radical (unpaired) electrons. The number of benzene rings is 3. The summed E-state index contributed by atoms with van der Waals surface area (Å²) in [6.07, 6.45) is 1.55. The molecule has 180 valence electrons. The fourth-order valence-corrected chi connectivity index (χ4v) is 5.65. The number of nitriles is 1. The molecule has 0 saturated carbocycles. The third-order valence-electron chi connectivity index (χ3n) is 4.93. The smallest absolute Gasteiger partial charge is 0.271 e. The highest BCUT2D eigenvalue weighted by molar-refractivity contribution is 14.1. The predicted octanol–water partition coefficient (Wildman–Crippen LogP) is 6.90. The van der Waals surface area contributed by atoms with E-state index in [4.69, 9.17) is 10.00 Å². The van der Waals surface area contributed by atoms with Crippen molar-refractivity contribution in [1.82, 2.24) is 10.4 Å². The van der Waals surface area contributed by atoms with E-state index in [1.165, 1.54) is 16.9 Å². The molecule has 0 aliphatic heterocycles. The molecule has 0 aliphatic rings. The van der Waals surface area contributed by atoms with Crippen LogP contribution < -0.4 is 15.5 Å². The van der Waals surface area contributed by atoms with Crippen molar-refractivity contribution >= 4 is 72.8 Å². The summed E-state index contributed by atoms with van der Waals surface area (Å²) in [5.74, 6) is 0.275. The Balaban J connectivity index is 1.36. The van der Waals surface area contributed by atoms with Crippen molar-refractivity contribution < 1.29 is 9.53 Å². The number of amides is 1. The van der Waals surface area contributed by atoms with Gasteiger partial charge < -0.3 is 10.1 Å². The zero-order valence-electron chi connectivity index (χ0n) is 19.0. The molecule has 0 saturated heterocycles. The van der Waals surface area contributed by atoms with Gasteiger partial charge in [-0.1, -0.05) is 29.8 Å². The average Bonchev–Trinajstić information content (AvgIpc) is 3.33. The van der Waals surface area contributed by atoms with Gasteiger partial charge in [0, 0.05) is 22.2 Å². The van der Waals surface area contributed by atoms with Crippen LogP contribution in [0.3, 0.4) is 0 Å². The first-order chi connectivity index (χ1) is 17.4. The number of nitrogens with one attached hydrogen (secondary N) is 2. The lowest BCUT2D eigenvalue weighted by Gasteiger charge is -2.08. The Morgan fingerprint density at radius 3 is 2.67 bits per heavy atom. The second-order valence-corrected chi connectivity index (χ2v) is 10.4. The standard InChI is InChI=1S/C26H19BrIN5O2S/c1-16-2-8-20(9-3-16)31-26-32-23(15-36-26)18-4-6-19(7-5-18)25(34)33-30-14-17-12-21(27)24(22(28)13-17)35-11-10-29/h2-9,12-15H,11H2,1H3,(H,31,32)(H,33,34)/b30-14-. The number of aromatic nitrogens is 1. The average molecular weight is 672 g/mol. The monoisotopic (exact) mass is 671 g/mol. The van der Waals surface area contributed by atoms with E-state index in [0.717, 1.165) is 31.2 Å². The maximum absolute atomic E-state index is 12.5. The van der Waals surface area contributed by atoms with Crippen molar-refractivity contribution in [3.05, 3.63) is 90.8 Å². The first-order valence-electron chi connectivity index (χ1n) is 10.6. The number of ether oxygens (including phenoxy) is 1. The van der Waals surface area contributed by atoms with Crippen molar-refractivity contribution in [2.45, 2.75) is 6.92 Å². The summed E-state index contributed by atoms with van der Waals surface area (Å²) in [7, 11) is 0. The molecule has 0 atom stereocenters. The number of aryl methyl sites for hydroxylation is 1. The van der Waals surface area contributed by atoms with Gasteiger partial charge in [-0.3, -0.25) is 4.79 Å². The number of thiazole rings is 1. The third kappa shape index (κ3) is 6.69. The van der Waals surface area contributed by atoms with Gasteiger partial charge in [0.25, 0.3) is 5.91 Å². The van der Waals surface area contributed by atoms with Crippen molar-refractivity contribution in [2.75, 3.05) is 11.9 Å². The Bertz CT molecular complexity index is 1420. The molecular formula is C26H19BrIN5O2S. The van der Waals surface area contributed by atoms with Gasteiger partial charge in [0.1, 0.15) is 11.8 Å². The number of nitrogens with zero attached hydrogens (tertiary/aromatic N) is 3. The minimum absolute atomic E-state index is 0.0369. The van der Waals surface area contributed by atoms with Crippen LogP contribution in [0.2, 0.25) is 0 Å². The normalized spacial score (nSPS) is 10.7. The maximum atomic E-state index is 12.5. The van der Waals surface area contributed by atoms with E-state index < -0.39 is 0 Å². The summed E-state index contributed by atoms with van der Waals surface area (Å²) in [6, 6.07) is 20.9. The quantitative estimate of drug-likeness (QED) is 0.121. The van der Waals surface area contributed by atoms with E-state index >= 15 is 0 Å². The van der Waals surface area contributed by atoms with Gasteiger partial charge in [-0.25, -0.2) is 10.4 Å². The molecule has 7 nitrogen and oxygen atoms in total. The van der Waals surface area contributed by atoms with E-state index in [2.05, 4.69) is 66.3 Å².